The van der Waals surface area contributed by atoms with Gasteiger partial charge in [0.05, 0.1) is 23.9 Å². The number of allylic oxidation sites excluding steroid dienone is 1. The van der Waals surface area contributed by atoms with Gasteiger partial charge in [-0.3, -0.25) is 0 Å². The van der Waals surface area contributed by atoms with Gasteiger partial charge < -0.3 is 19.9 Å². The van der Waals surface area contributed by atoms with Gasteiger partial charge in [0, 0.05) is 37.0 Å². The average molecular weight is 402 g/mol. The third-order valence-electron chi connectivity index (χ3n) is 5.59. The SMILES string of the molecule is CC1C=CN(C(C)C)C2N=C(Nc3ccc(N4CCOCC4)c(Cl)c3)N=CC12. The summed E-state index contributed by atoms with van der Waals surface area (Å²) in [6.45, 7) is 9.81. The first kappa shape index (κ1) is 19.3. The summed E-state index contributed by atoms with van der Waals surface area (Å²) in [7, 11) is 0. The van der Waals surface area contributed by atoms with Gasteiger partial charge in [-0.05, 0) is 44.2 Å². The van der Waals surface area contributed by atoms with E-state index in [2.05, 4.69) is 59.2 Å². The molecule has 1 aromatic carbocycles. The predicted molar refractivity (Wildman–Crippen MR) is 117 cm³/mol. The number of benzene rings is 1. The van der Waals surface area contributed by atoms with Crippen molar-refractivity contribution >= 4 is 35.1 Å². The van der Waals surface area contributed by atoms with E-state index in [0.29, 0.717) is 23.8 Å². The number of aliphatic imine (C=N–C) groups is 2. The maximum absolute atomic E-state index is 6.56. The number of morpholine rings is 1. The summed E-state index contributed by atoms with van der Waals surface area (Å²) in [6.07, 6.45) is 6.52. The molecule has 1 fully saturated rings. The molecule has 0 bridgehead atoms. The Morgan fingerprint density at radius 3 is 2.75 bits per heavy atom. The van der Waals surface area contributed by atoms with Crippen LogP contribution in [-0.4, -0.2) is 55.6 Å². The van der Waals surface area contributed by atoms with Crippen molar-refractivity contribution in [2.75, 3.05) is 36.5 Å². The summed E-state index contributed by atoms with van der Waals surface area (Å²) >= 11 is 6.56. The van der Waals surface area contributed by atoms with Crippen molar-refractivity contribution in [1.82, 2.24) is 4.90 Å². The minimum Gasteiger partial charge on any atom is -0.378 e. The van der Waals surface area contributed by atoms with E-state index >= 15 is 0 Å². The number of nitrogens with zero attached hydrogens (tertiary/aromatic N) is 4. The molecule has 0 radical (unpaired) electrons. The minimum absolute atomic E-state index is 0.0723. The number of anilines is 2. The van der Waals surface area contributed by atoms with E-state index in [4.69, 9.17) is 21.3 Å². The van der Waals surface area contributed by atoms with E-state index in [1.165, 1.54) is 0 Å². The van der Waals surface area contributed by atoms with Crippen LogP contribution in [0.5, 0.6) is 0 Å². The second kappa shape index (κ2) is 8.13. The van der Waals surface area contributed by atoms with E-state index < -0.39 is 0 Å². The highest BCUT2D eigenvalue weighted by atomic mass is 35.5. The minimum atomic E-state index is 0.0723. The first-order chi connectivity index (χ1) is 13.5. The highest BCUT2D eigenvalue weighted by Crippen LogP contribution is 2.32. The number of hydrogen-bond acceptors (Lipinski definition) is 6. The van der Waals surface area contributed by atoms with Gasteiger partial charge in [-0.1, -0.05) is 24.6 Å². The van der Waals surface area contributed by atoms with Crippen LogP contribution < -0.4 is 10.2 Å². The third kappa shape index (κ3) is 3.89. The van der Waals surface area contributed by atoms with E-state index in [1.807, 2.05) is 18.3 Å². The number of ether oxygens (including phenoxy) is 1. The molecule has 4 rings (SSSR count). The third-order valence-corrected chi connectivity index (χ3v) is 5.90. The Bertz CT molecular complexity index is 800. The molecule has 150 valence electrons. The second-order valence-corrected chi connectivity index (χ2v) is 8.26. The Balaban J connectivity index is 1.51. The van der Waals surface area contributed by atoms with Crippen LogP contribution in [0.4, 0.5) is 11.4 Å². The average Bonchev–Trinajstić information content (AvgIpc) is 2.69. The highest BCUT2D eigenvalue weighted by molar-refractivity contribution is 6.33. The highest BCUT2D eigenvalue weighted by Gasteiger charge is 2.34. The number of rotatable bonds is 3. The lowest BCUT2D eigenvalue weighted by atomic mass is 9.88. The lowest BCUT2D eigenvalue weighted by molar-refractivity contribution is 0.122. The lowest BCUT2D eigenvalue weighted by Gasteiger charge is -2.41. The number of nitrogens with one attached hydrogen (secondary N) is 1. The molecule has 3 atom stereocenters. The van der Waals surface area contributed by atoms with Gasteiger partial charge in [-0.2, -0.15) is 0 Å². The second-order valence-electron chi connectivity index (χ2n) is 7.85. The standard InChI is InChI=1S/C21H28ClN5O/c1-14(2)27-7-6-15(3)17-13-23-21(25-20(17)27)24-16-4-5-19(18(22)12-16)26-8-10-28-11-9-26/h4-7,12-15,17,20H,8-11H2,1-3H3,(H,24,25). The van der Waals surface area contributed by atoms with E-state index in [1.54, 1.807) is 0 Å². The van der Waals surface area contributed by atoms with Crippen LogP contribution in [0.15, 0.2) is 40.5 Å². The van der Waals surface area contributed by atoms with Crippen LogP contribution in [0.25, 0.3) is 0 Å². The molecule has 0 saturated carbocycles. The van der Waals surface area contributed by atoms with Crippen LogP contribution in [0, 0.1) is 11.8 Å². The summed E-state index contributed by atoms with van der Waals surface area (Å²) in [4.78, 5) is 14.0. The fourth-order valence-corrected chi connectivity index (χ4v) is 4.22. The molecule has 6 nitrogen and oxygen atoms in total. The fraction of sp³-hybridized carbons (Fsp3) is 0.524. The van der Waals surface area contributed by atoms with Gasteiger partial charge in [-0.25, -0.2) is 9.98 Å². The molecule has 3 aliphatic heterocycles. The molecule has 0 spiro atoms. The monoisotopic (exact) mass is 401 g/mol. The number of halogens is 1. The van der Waals surface area contributed by atoms with E-state index in [-0.39, 0.29) is 6.17 Å². The van der Waals surface area contributed by atoms with Crippen molar-refractivity contribution in [1.29, 1.82) is 0 Å². The Hall–Kier alpha value is -2.05. The van der Waals surface area contributed by atoms with Crippen LogP contribution in [-0.2, 0) is 4.74 Å². The summed E-state index contributed by atoms with van der Waals surface area (Å²) in [6, 6.07) is 6.41. The molecule has 1 N–H and O–H groups in total. The number of guanidine groups is 1. The molecule has 1 saturated heterocycles. The van der Waals surface area contributed by atoms with Crippen LogP contribution in [0.1, 0.15) is 20.8 Å². The van der Waals surface area contributed by atoms with Crippen molar-refractivity contribution < 1.29 is 4.74 Å². The zero-order valence-electron chi connectivity index (χ0n) is 16.7. The van der Waals surface area contributed by atoms with E-state index in [0.717, 1.165) is 42.7 Å². The first-order valence-electron chi connectivity index (χ1n) is 10.00. The van der Waals surface area contributed by atoms with Crippen molar-refractivity contribution in [3.05, 3.63) is 35.5 Å². The predicted octanol–water partition coefficient (Wildman–Crippen LogP) is 3.85. The maximum Gasteiger partial charge on any atom is 0.224 e. The topological polar surface area (TPSA) is 52.5 Å². The zero-order chi connectivity index (χ0) is 19.7. The lowest BCUT2D eigenvalue weighted by Crippen LogP contribution is -2.47. The summed E-state index contributed by atoms with van der Waals surface area (Å²) in [5.74, 6) is 1.35. The Kier molecular flexibility index (Phi) is 5.60. The van der Waals surface area contributed by atoms with Gasteiger partial charge in [0.1, 0.15) is 6.17 Å². The largest absolute Gasteiger partial charge is 0.378 e. The molecule has 28 heavy (non-hydrogen) atoms. The van der Waals surface area contributed by atoms with Crippen LogP contribution >= 0.6 is 11.6 Å². The van der Waals surface area contributed by atoms with Crippen molar-refractivity contribution in [3.63, 3.8) is 0 Å². The molecule has 0 aliphatic carbocycles. The van der Waals surface area contributed by atoms with E-state index in [9.17, 15) is 0 Å². The van der Waals surface area contributed by atoms with Gasteiger partial charge >= 0.3 is 0 Å². The first-order valence-corrected chi connectivity index (χ1v) is 10.4. The fourth-order valence-electron chi connectivity index (χ4n) is 3.92. The Morgan fingerprint density at radius 1 is 1.25 bits per heavy atom. The van der Waals surface area contributed by atoms with Crippen LogP contribution in [0.2, 0.25) is 5.02 Å². The molecule has 1 aromatic rings. The number of fused-ring (bicyclic) bond motifs is 1. The number of hydrogen-bond donors (Lipinski definition) is 1. The summed E-state index contributed by atoms with van der Waals surface area (Å²) < 4.78 is 5.42. The van der Waals surface area contributed by atoms with Crippen molar-refractivity contribution in [2.45, 2.75) is 33.0 Å². The quantitative estimate of drug-likeness (QED) is 0.835. The van der Waals surface area contributed by atoms with Gasteiger partial charge in [0.25, 0.3) is 0 Å². The molecule has 0 aromatic heterocycles. The molecule has 3 heterocycles. The van der Waals surface area contributed by atoms with Crippen molar-refractivity contribution in [3.8, 4) is 0 Å². The van der Waals surface area contributed by atoms with Crippen molar-refractivity contribution in [2.24, 2.45) is 21.8 Å². The molecular weight excluding hydrogens is 374 g/mol. The molecular formula is C21H28ClN5O. The van der Waals surface area contributed by atoms with Gasteiger partial charge in [-0.15, -0.1) is 0 Å². The zero-order valence-corrected chi connectivity index (χ0v) is 17.4. The normalized spacial score (nSPS) is 27.0. The molecule has 0 amide bonds. The summed E-state index contributed by atoms with van der Waals surface area (Å²) in [5.41, 5.74) is 1.94. The van der Waals surface area contributed by atoms with Gasteiger partial charge in [0.2, 0.25) is 5.96 Å². The molecule has 3 aliphatic rings. The maximum atomic E-state index is 6.56. The molecule has 7 heteroatoms. The van der Waals surface area contributed by atoms with Crippen LogP contribution in [0.3, 0.4) is 0 Å². The molecule has 3 unspecified atom stereocenters. The Morgan fingerprint density at radius 2 is 2.04 bits per heavy atom. The van der Waals surface area contributed by atoms with Gasteiger partial charge in [0.15, 0.2) is 0 Å². The summed E-state index contributed by atoms with van der Waals surface area (Å²) in [5, 5.41) is 4.06. The smallest absolute Gasteiger partial charge is 0.224 e. The Labute approximate surface area is 171 Å².